The van der Waals surface area contributed by atoms with E-state index >= 15 is 0 Å². The van der Waals surface area contributed by atoms with Crippen molar-refractivity contribution < 1.29 is 14.3 Å². The van der Waals surface area contributed by atoms with Gasteiger partial charge in [-0.25, -0.2) is 4.79 Å². The summed E-state index contributed by atoms with van der Waals surface area (Å²) in [5, 5.41) is 0. The Labute approximate surface area is 107 Å². The summed E-state index contributed by atoms with van der Waals surface area (Å²) in [6, 6.07) is 5.14. The predicted molar refractivity (Wildman–Crippen MR) is 67.4 cm³/mol. The van der Waals surface area contributed by atoms with E-state index in [1.165, 1.54) is 7.11 Å². The summed E-state index contributed by atoms with van der Waals surface area (Å²) in [6.07, 6.45) is 0. The Balaban J connectivity index is 2.39. The summed E-state index contributed by atoms with van der Waals surface area (Å²) in [7, 11) is 1.33. The zero-order chi connectivity index (χ0) is 13.5. The minimum Gasteiger partial charge on any atom is -0.465 e. The van der Waals surface area contributed by atoms with Crippen LogP contribution in [0.4, 0.5) is 0 Å². The van der Waals surface area contributed by atoms with Gasteiger partial charge in [0.15, 0.2) is 0 Å². The molecule has 1 aliphatic rings. The van der Waals surface area contributed by atoms with Gasteiger partial charge in [-0.1, -0.05) is 6.07 Å². The van der Waals surface area contributed by atoms with Crippen LogP contribution in [0.15, 0.2) is 18.2 Å². The Morgan fingerprint density at radius 2 is 2.00 bits per heavy atom. The summed E-state index contributed by atoms with van der Waals surface area (Å²) in [5.41, 5.74) is 1.76. The first-order chi connectivity index (χ1) is 8.34. The molecule has 0 radical (unpaired) electrons. The van der Waals surface area contributed by atoms with Crippen molar-refractivity contribution in [2.45, 2.75) is 32.9 Å². The van der Waals surface area contributed by atoms with Crippen LogP contribution < -0.4 is 0 Å². The molecule has 0 unspecified atom stereocenters. The van der Waals surface area contributed by atoms with Crippen LogP contribution in [-0.2, 0) is 11.3 Å². The number of fused-ring (bicyclic) bond motifs is 1. The van der Waals surface area contributed by atoms with Crippen LogP contribution in [0.25, 0.3) is 0 Å². The summed E-state index contributed by atoms with van der Waals surface area (Å²) >= 11 is 0. The molecule has 0 atom stereocenters. The van der Waals surface area contributed by atoms with Gasteiger partial charge in [0.05, 0.1) is 12.7 Å². The third kappa shape index (κ3) is 1.98. The number of hydrogen-bond donors (Lipinski definition) is 0. The molecule has 1 aromatic carbocycles. The van der Waals surface area contributed by atoms with E-state index in [1.807, 2.05) is 26.8 Å². The molecule has 96 valence electrons. The molecule has 0 N–H and O–H groups in total. The summed E-state index contributed by atoms with van der Waals surface area (Å²) in [4.78, 5) is 25.5. The fourth-order valence-corrected chi connectivity index (χ4v) is 2.09. The molecule has 1 heterocycles. The van der Waals surface area contributed by atoms with Crippen molar-refractivity contribution in [1.82, 2.24) is 4.90 Å². The summed E-state index contributed by atoms with van der Waals surface area (Å²) in [6.45, 7) is 6.59. The maximum atomic E-state index is 12.3. The molecule has 4 heteroatoms. The van der Waals surface area contributed by atoms with Crippen LogP contribution >= 0.6 is 0 Å². The smallest absolute Gasteiger partial charge is 0.337 e. The van der Waals surface area contributed by atoms with Gasteiger partial charge in [0.25, 0.3) is 5.91 Å². The van der Waals surface area contributed by atoms with E-state index in [4.69, 9.17) is 0 Å². The molecule has 0 aliphatic carbocycles. The second kappa shape index (κ2) is 4.12. The Hall–Kier alpha value is -1.84. The molecule has 1 amide bonds. The highest BCUT2D eigenvalue weighted by Gasteiger charge is 2.35. The molecule has 0 aromatic heterocycles. The SMILES string of the molecule is COC(=O)c1ccc2c(c1)C(=O)N(C(C)(C)C)C2. The Kier molecular flexibility index (Phi) is 2.89. The molecule has 1 aromatic rings. The first kappa shape index (κ1) is 12.6. The van der Waals surface area contributed by atoms with Crippen molar-refractivity contribution >= 4 is 11.9 Å². The fraction of sp³-hybridized carbons (Fsp3) is 0.429. The van der Waals surface area contributed by atoms with Crippen LogP contribution in [0.3, 0.4) is 0 Å². The third-order valence-electron chi connectivity index (χ3n) is 3.14. The lowest BCUT2D eigenvalue weighted by Gasteiger charge is -2.31. The van der Waals surface area contributed by atoms with Gasteiger partial charge in [0.1, 0.15) is 0 Å². The number of carbonyl (C=O) groups excluding carboxylic acids is 2. The number of methoxy groups -OCH3 is 1. The van der Waals surface area contributed by atoms with Gasteiger partial charge in [0, 0.05) is 17.6 Å². The van der Waals surface area contributed by atoms with Crippen LogP contribution in [0.5, 0.6) is 0 Å². The standard InChI is InChI=1S/C14H17NO3/c1-14(2,3)15-8-10-6-5-9(13(17)18-4)7-11(10)12(15)16/h5-7H,8H2,1-4H3. The molecule has 0 fully saturated rings. The molecule has 0 saturated carbocycles. The van der Waals surface area contributed by atoms with Crippen molar-refractivity contribution in [2.24, 2.45) is 0 Å². The minimum absolute atomic E-state index is 0.0248. The average Bonchev–Trinajstić information content (AvgIpc) is 2.65. The number of esters is 1. The number of benzene rings is 1. The number of nitrogens with zero attached hydrogens (tertiary/aromatic N) is 1. The number of hydrogen-bond acceptors (Lipinski definition) is 3. The topological polar surface area (TPSA) is 46.6 Å². The van der Waals surface area contributed by atoms with Gasteiger partial charge < -0.3 is 9.64 Å². The van der Waals surface area contributed by atoms with Crippen molar-refractivity contribution in [3.63, 3.8) is 0 Å². The minimum atomic E-state index is -0.417. The highest BCUT2D eigenvalue weighted by molar-refractivity contribution is 6.01. The lowest BCUT2D eigenvalue weighted by Crippen LogP contribution is -2.41. The average molecular weight is 247 g/mol. The van der Waals surface area contributed by atoms with E-state index < -0.39 is 5.97 Å². The van der Waals surface area contributed by atoms with E-state index in [2.05, 4.69) is 4.74 Å². The van der Waals surface area contributed by atoms with Crippen molar-refractivity contribution in [3.05, 3.63) is 34.9 Å². The van der Waals surface area contributed by atoms with Gasteiger partial charge in [0.2, 0.25) is 0 Å². The lowest BCUT2D eigenvalue weighted by molar-refractivity contribution is 0.0600. The first-order valence-corrected chi connectivity index (χ1v) is 5.88. The maximum absolute atomic E-state index is 12.3. The Morgan fingerprint density at radius 3 is 2.56 bits per heavy atom. The van der Waals surface area contributed by atoms with Crippen molar-refractivity contribution in [1.29, 1.82) is 0 Å². The third-order valence-corrected chi connectivity index (χ3v) is 3.14. The molecule has 4 nitrogen and oxygen atoms in total. The Bertz CT molecular complexity index is 514. The molecule has 0 bridgehead atoms. The second-order valence-electron chi connectivity index (χ2n) is 5.43. The molecule has 0 saturated heterocycles. The molecular formula is C14H17NO3. The van der Waals surface area contributed by atoms with E-state index in [1.54, 1.807) is 17.0 Å². The Morgan fingerprint density at radius 1 is 1.33 bits per heavy atom. The number of carbonyl (C=O) groups is 2. The highest BCUT2D eigenvalue weighted by Crippen LogP contribution is 2.29. The van der Waals surface area contributed by atoms with E-state index in [9.17, 15) is 9.59 Å². The van der Waals surface area contributed by atoms with Crippen LogP contribution in [-0.4, -0.2) is 29.4 Å². The zero-order valence-electron chi connectivity index (χ0n) is 11.1. The second-order valence-corrected chi connectivity index (χ2v) is 5.43. The van der Waals surface area contributed by atoms with Gasteiger partial charge in [-0.3, -0.25) is 4.79 Å². The molecule has 2 rings (SSSR count). The van der Waals surface area contributed by atoms with E-state index in [-0.39, 0.29) is 11.4 Å². The molecule has 18 heavy (non-hydrogen) atoms. The summed E-state index contributed by atoms with van der Waals surface area (Å²) in [5.74, 6) is -0.442. The first-order valence-electron chi connectivity index (χ1n) is 5.88. The summed E-state index contributed by atoms with van der Waals surface area (Å²) < 4.78 is 4.66. The van der Waals surface area contributed by atoms with Crippen LogP contribution in [0.2, 0.25) is 0 Å². The van der Waals surface area contributed by atoms with Crippen LogP contribution in [0.1, 0.15) is 47.1 Å². The highest BCUT2D eigenvalue weighted by atomic mass is 16.5. The van der Waals surface area contributed by atoms with Gasteiger partial charge >= 0.3 is 5.97 Å². The van der Waals surface area contributed by atoms with Gasteiger partial charge in [-0.05, 0) is 38.5 Å². The van der Waals surface area contributed by atoms with E-state index in [0.717, 1.165) is 5.56 Å². The predicted octanol–water partition coefficient (Wildman–Crippen LogP) is 2.23. The number of rotatable bonds is 1. The largest absolute Gasteiger partial charge is 0.465 e. The molecule has 1 aliphatic heterocycles. The van der Waals surface area contributed by atoms with E-state index in [0.29, 0.717) is 17.7 Å². The lowest BCUT2D eigenvalue weighted by atomic mass is 10.1. The number of ether oxygens (including phenoxy) is 1. The molecule has 0 spiro atoms. The van der Waals surface area contributed by atoms with Crippen molar-refractivity contribution in [2.75, 3.05) is 7.11 Å². The van der Waals surface area contributed by atoms with Crippen LogP contribution in [0, 0.1) is 0 Å². The van der Waals surface area contributed by atoms with Gasteiger partial charge in [-0.15, -0.1) is 0 Å². The maximum Gasteiger partial charge on any atom is 0.337 e. The zero-order valence-corrected chi connectivity index (χ0v) is 11.1. The van der Waals surface area contributed by atoms with Crippen molar-refractivity contribution in [3.8, 4) is 0 Å². The molecular weight excluding hydrogens is 230 g/mol. The van der Waals surface area contributed by atoms with Gasteiger partial charge in [-0.2, -0.15) is 0 Å². The normalized spacial score (nSPS) is 14.7. The fourth-order valence-electron chi connectivity index (χ4n) is 2.09. The quantitative estimate of drug-likeness (QED) is 0.715. The monoisotopic (exact) mass is 247 g/mol. The number of amides is 1.